The van der Waals surface area contributed by atoms with Crippen LogP contribution in [-0.4, -0.2) is 11.8 Å². The Labute approximate surface area is 128 Å². The lowest BCUT2D eigenvalue weighted by Crippen LogP contribution is -2.38. The van der Waals surface area contributed by atoms with Gasteiger partial charge in [-0.25, -0.2) is 4.39 Å². The number of rotatable bonds is 6. The smallest absolute Gasteiger partial charge is 0.123 e. The Bertz CT molecular complexity index is 516. The number of nitrogens with two attached hydrogens (primary N) is 1. The fourth-order valence-electron chi connectivity index (χ4n) is 1.60. The Kier molecular flexibility index (Phi) is 5.84. The predicted octanol–water partition coefficient (Wildman–Crippen LogP) is 3.82. The minimum atomic E-state index is -0.207. The molecule has 0 aliphatic carbocycles. The summed E-state index contributed by atoms with van der Waals surface area (Å²) in [5.74, 6) is 6.22. The number of thioether (sulfide) groups is 1. The molecule has 3 N–H and O–H groups in total. The van der Waals surface area contributed by atoms with Gasteiger partial charge in [0.2, 0.25) is 0 Å². The molecule has 19 heavy (non-hydrogen) atoms. The second-order valence-corrected chi connectivity index (χ2v) is 7.68. The molecule has 0 bridgehead atoms. The van der Waals surface area contributed by atoms with Crippen molar-refractivity contribution < 1.29 is 4.39 Å². The lowest BCUT2D eigenvalue weighted by Gasteiger charge is -2.14. The van der Waals surface area contributed by atoms with Gasteiger partial charge in [0.05, 0.1) is 3.79 Å². The lowest BCUT2D eigenvalue weighted by molar-refractivity contribution is 0.579. The van der Waals surface area contributed by atoms with Crippen molar-refractivity contribution in [1.29, 1.82) is 0 Å². The zero-order valence-electron chi connectivity index (χ0n) is 10.1. The summed E-state index contributed by atoms with van der Waals surface area (Å²) in [6.45, 7) is 0. The molecule has 1 aromatic heterocycles. The molecule has 0 spiro atoms. The van der Waals surface area contributed by atoms with Gasteiger partial charge in [-0.05, 0) is 58.7 Å². The van der Waals surface area contributed by atoms with Crippen molar-refractivity contribution in [3.05, 3.63) is 50.9 Å². The topological polar surface area (TPSA) is 38.0 Å². The van der Waals surface area contributed by atoms with Crippen LogP contribution in [0.3, 0.4) is 0 Å². The van der Waals surface area contributed by atoms with Gasteiger partial charge in [-0.3, -0.25) is 11.3 Å². The molecule has 1 unspecified atom stereocenters. The van der Waals surface area contributed by atoms with Gasteiger partial charge in [0.25, 0.3) is 0 Å². The van der Waals surface area contributed by atoms with Crippen LogP contribution in [0.4, 0.5) is 4.39 Å². The Morgan fingerprint density at radius 3 is 2.58 bits per heavy atom. The summed E-state index contributed by atoms with van der Waals surface area (Å²) >= 11 is 6.84. The van der Waals surface area contributed by atoms with Gasteiger partial charge in [-0.15, -0.1) is 23.1 Å². The highest BCUT2D eigenvalue weighted by molar-refractivity contribution is 9.11. The lowest BCUT2D eigenvalue weighted by atomic mass is 10.2. The molecule has 6 heteroatoms. The molecule has 0 aliphatic heterocycles. The molecule has 2 rings (SSSR count). The fourth-order valence-corrected chi connectivity index (χ4v) is 4.10. The molecular weight excluding hydrogens is 347 g/mol. The predicted molar refractivity (Wildman–Crippen MR) is 84.0 cm³/mol. The first kappa shape index (κ1) is 15.0. The summed E-state index contributed by atoms with van der Waals surface area (Å²) in [4.78, 5) is 2.34. The summed E-state index contributed by atoms with van der Waals surface area (Å²) in [5, 5.41) is 0. The second kappa shape index (κ2) is 7.40. The maximum atomic E-state index is 12.8. The summed E-state index contributed by atoms with van der Waals surface area (Å²) in [5.41, 5.74) is 2.84. The van der Waals surface area contributed by atoms with Gasteiger partial charge in [0.15, 0.2) is 0 Å². The van der Waals surface area contributed by atoms with E-state index in [-0.39, 0.29) is 11.9 Å². The molecule has 0 saturated heterocycles. The first-order valence-corrected chi connectivity index (χ1v) is 8.35. The standard InChI is InChI=1S/C13H14BrFN2S2/c14-13-6-5-12(19-13)7-10(17-16)8-18-11-3-1-9(15)2-4-11/h1-6,10,17H,7-8,16H2. The summed E-state index contributed by atoms with van der Waals surface area (Å²) in [6.07, 6.45) is 0.890. The second-order valence-electron chi connectivity index (χ2n) is 4.04. The van der Waals surface area contributed by atoms with Crippen molar-refractivity contribution in [2.45, 2.75) is 17.4 Å². The highest BCUT2D eigenvalue weighted by atomic mass is 79.9. The molecule has 0 radical (unpaired) electrons. The minimum Gasteiger partial charge on any atom is -0.271 e. The first-order valence-electron chi connectivity index (χ1n) is 5.76. The average Bonchev–Trinajstić information content (AvgIpc) is 2.82. The van der Waals surface area contributed by atoms with Crippen LogP contribution in [0.1, 0.15) is 4.88 Å². The number of nitrogens with one attached hydrogen (secondary N) is 1. The van der Waals surface area contributed by atoms with E-state index in [1.165, 1.54) is 17.0 Å². The van der Waals surface area contributed by atoms with Gasteiger partial charge in [0, 0.05) is 21.6 Å². The molecule has 0 amide bonds. The van der Waals surface area contributed by atoms with Gasteiger partial charge >= 0.3 is 0 Å². The van der Waals surface area contributed by atoms with Crippen LogP contribution >= 0.6 is 39.0 Å². The van der Waals surface area contributed by atoms with Crippen LogP contribution in [0.25, 0.3) is 0 Å². The van der Waals surface area contributed by atoms with Crippen LogP contribution in [0.5, 0.6) is 0 Å². The van der Waals surface area contributed by atoms with Gasteiger partial charge in [0.1, 0.15) is 5.82 Å². The van der Waals surface area contributed by atoms with E-state index in [9.17, 15) is 4.39 Å². The van der Waals surface area contributed by atoms with Crippen LogP contribution < -0.4 is 11.3 Å². The molecule has 2 aromatic rings. The Morgan fingerprint density at radius 2 is 2.00 bits per heavy atom. The number of halogens is 2. The molecule has 1 aromatic carbocycles. The van der Waals surface area contributed by atoms with E-state index in [0.29, 0.717) is 0 Å². The Morgan fingerprint density at radius 1 is 1.26 bits per heavy atom. The molecule has 2 nitrogen and oxygen atoms in total. The molecular formula is C13H14BrFN2S2. The SMILES string of the molecule is NNC(CSc1ccc(F)cc1)Cc1ccc(Br)s1. The Balaban J connectivity index is 1.87. The van der Waals surface area contributed by atoms with Gasteiger partial charge in [-0.1, -0.05) is 0 Å². The molecule has 0 aliphatic rings. The number of hydrazine groups is 1. The monoisotopic (exact) mass is 360 g/mol. The third kappa shape index (κ3) is 4.89. The van der Waals surface area contributed by atoms with Crippen molar-refractivity contribution >= 4 is 39.0 Å². The van der Waals surface area contributed by atoms with E-state index in [2.05, 4.69) is 27.4 Å². The Hall–Kier alpha value is -0.400. The van der Waals surface area contributed by atoms with Crippen molar-refractivity contribution in [3.8, 4) is 0 Å². The zero-order chi connectivity index (χ0) is 13.7. The third-order valence-corrected chi connectivity index (χ3v) is 5.40. The number of hydrogen-bond acceptors (Lipinski definition) is 4. The average molecular weight is 361 g/mol. The van der Waals surface area contributed by atoms with E-state index in [1.807, 2.05) is 6.07 Å². The zero-order valence-corrected chi connectivity index (χ0v) is 13.3. The summed E-state index contributed by atoms with van der Waals surface area (Å²) in [7, 11) is 0. The largest absolute Gasteiger partial charge is 0.271 e. The molecule has 0 fully saturated rings. The highest BCUT2D eigenvalue weighted by Crippen LogP contribution is 2.25. The minimum absolute atomic E-state index is 0.195. The van der Waals surface area contributed by atoms with E-state index >= 15 is 0 Å². The van der Waals surface area contributed by atoms with Crippen molar-refractivity contribution in [2.24, 2.45) is 5.84 Å². The number of benzene rings is 1. The van der Waals surface area contributed by atoms with Crippen LogP contribution in [0.15, 0.2) is 45.1 Å². The first-order chi connectivity index (χ1) is 9.17. The van der Waals surface area contributed by atoms with Crippen LogP contribution in [0, 0.1) is 5.82 Å². The number of hydrogen-bond donors (Lipinski definition) is 2. The molecule has 102 valence electrons. The van der Waals surface area contributed by atoms with E-state index in [4.69, 9.17) is 5.84 Å². The van der Waals surface area contributed by atoms with Crippen LogP contribution in [0.2, 0.25) is 0 Å². The normalized spacial score (nSPS) is 12.6. The molecule has 1 atom stereocenters. The molecule has 1 heterocycles. The van der Waals surface area contributed by atoms with Crippen molar-refractivity contribution in [3.63, 3.8) is 0 Å². The fraction of sp³-hybridized carbons (Fsp3) is 0.231. The number of thiophene rings is 1. The van der Waals surface area contributed by atoms with Crippen molar-refractivity contribution in [1.82, 2.24) is 5.43 Å². The highest BCUT2D eigenvalue weighted by Gasteiger charge is 2.10. The van der Waals surface area contributed by atoms with Gasteiger partial charge in [-0.2, -0.15) is 0 Å². The van der Waals surface area contributed by atoms with E-state index in [0.717, 1.165) is 20.9 Å². The van der Waals surface area contributed by atoms with E-state index in [1.54, 1.807) is 35.2 Å². The van der Waals surface area contributed by atoms with Gasteiger partial charge < -0.3 is 0 Å². The van der Waals surface area contributed by atoms with Crippen molar-refractivity contribution in [2.75, 3.05) is 5.75 Å². The molecule has 0 saturated carbocycles. The van der Waals surface area contributed by atoms with Crippen LogP contribution in [-0.2, 0) is 6.42 Å². The third-order valence-electron chi connectivity index (χ3n) is 2.58. The quantitative estimate of drug-likeness (QED) is 0.467. The summed E-state index contributed by atoms with van der Waals surface area (Å²) in [6, 6.07) is 10.9. The van der Waals surface area contributed by atoms with E-state index < -0.39 is 0 Å². The maximum absolute atomic E-state index is 12.8. The maximum Gasteiger partial charge on any atom is 0.123 e. The summed E-state index contributed by atoms with van der Waals surface area (Å²) < 4.78 is 13.9.